The Balaban J connectivity index is 2.21. The van der Waals surface area contributed by atoms with E-state index in [0.717, 1.165) is 15.8 Å². The van der Waals surface area contributed by atoms with Crippen LogP contribution in [0, 0.1) is 0 Å². The first kappa shape index (κ1) is 15.1. The number of nitrogens with one attached hydrogen (secondary N) is 1. The van der Waals surface area contributed by atoms with Crippen LogP contribution in [0.2, 0.25) is 0 Å². The summed E-state index contributed by atoms with van der Waals surface area (Å²) in [5, 5.41) is 3.52. The zero-order chi connectivity index (χ0) is 14.4. The summed E-state index contributed by atoms with van der Waals surface area (Å²) in [4.78, 5) is 13.8. The lowest BCUT2D eigenvalue weighted by Crippen LogP contribution is -2.05. The van der Waals surface area contributed by atoms with Crippen molar-refractivity contribution in [2.75, 3.05) is 19.0 Å². The van der Waals surface area contributed by atoms with Gasteiger partial charge in [0.1, 0.15) is 0 Å². The van der Waals surface area contributed by atoms with Crippen molar-refractivity contribution >= 4 is 33.6 Å². The second-order valence-corrected chi connectivity index (χ2v) is 5.84. The monoisotopic (exact) mass is 354 g/mol. The molecule has 0 aliphatic heterocycles. The van der Waals surface area contributed by atoms with E-state index in [0.29, 0.717) is 23.7 Å². The Morgan fingerprint density at radius 3 is 2.85 bits per heavy atom. The molecule has 5 nitrogen and oxygen atoms in total. The van der Waals surface area contributed by atoms with Gasteiger partial charge in [-0.2, -0.15) is 15.0 Å². The maximum Gasteiger partial charge on any atom is 0.322 e. The largest absolute Gasteiger partial charge is 0.463 e. The molecular weight excluding hydrogens is 340 g/mol. The highest BCUT2D eigenvalue weighted by atomic mass is 79.9. The van der Waals surface area contributed by atoms with Crippen molar-refractivity contribution in [3.8, 4) is 6.01 Å². The molecule has 0 amide bonds. The average Bonchev–Trinajstić information content (AvgIpc) is 2.45. The molecule has 0 fully saturated rings. The van der Waals surface area contributed by atoms with Gasteiger partial charge in [0.25, 0.3) is 0 Å². The number of aromatic nitrogens is 3. The van der Waals surface area contributed by atoms with Crippen LogP contribution in [-0.2, 0) is 0 Å². The van der Waals surface area contributed by atoms with Crippen molar-refractivity contribution in [3.63, 3.8) is 0 Å². The molecule has 0 atom stereocenters. The number of benzene rings is 1. The van der Waals surface area contributed by atoms with Crippen LogP contribution in [0.4, 0.5) is 5.95 Å². The minimum Gasteiger partial charge on any atom is -0.463 e. The third kappa shape index (κ3) is 4.35. The van der Waals surface area contributed by atoms with E-state index in [9.17, 15) is 0 Å². The van der Waals surface area contributed by atoms with Gasteiger partial charge >= 0.3 is 6.01 Å². The first-order valence-corrected chi connectivity index (χ1v) is 7.82. The summed E-state index contributed by atoms with van der Waals surface area (Å²) in [6.07, 6.45) is 0.911. The Hall–Kier alpha value is -1.34. The summed E-state index contributed by atoms with van der Waals surface area (Å²) in [5.41, 5.74) is 0. The number of ether oxygens (including phenoxy) is 1. The van der Waals surface area contributed by atoms with Gasteiger partial charge in [-0.1, -0.05) is 28.9 Å². The van der Waals surface area contributed by atoms with Gasteiger partial charge in [-0.25, -0.2) is 0 Å². The average molecular weight is 355 g/mol. The Morgan fingerprint density at radius 2 is 2.15 bits per heavy atom. The van der Waals surface area contributed by atoms with Crippen molar-refractivity contribution in [1.82, 2.24) is 15.0 Å². The van der Waals surface area contributed by atoms with Gasteiger partial charge in [0.2, 0.25) is 11.1 Å². The lowest BCUT2D eigenvalue weighted by molar-refractivity contribution is 0.288. The predicted molar refractivity (Wildman–Crippen MR) is 83.4 cm³/mol. The summed E-state index contributed by atoms with van der Waals surface area (Å²) >= 11 is 4.92. The molecule has 0 spiro atoms. The van der Waals surface area contributed by atoms with Gasteiger partial charge < -0.3 is 10.1 Å². The van der Waals surface area contributed by atoms with Gasteiger partial charge in [-0.05, 0) is 36.4 Å². The van der Waals surface area contributed by atoms with Crippen molar-refractivity contribution in [2.24, 2.45) is 0 Å². The van der Waals surface area contributed by atoms with E-state index in [1.165, 1.54) is 11.8 Å². The fourth-order valence-electron chi connectivity index (χ4n) is 1.39. The number of hydrogen-bond acceptors (Lipinski definition) is 6. The van der Waals surface area contributed by atoms with E-state index in [-0.39, 0.29) is 0 Å². The van der Waals surface area contributed by atoms with E-state index in [1.54, 1.807) is 7.05 Å². The van der Waals surface area contributed by atoms with Crippen LogP contribution >= 0.6 is 27.7 Å². The highest BCUT2D eigenvalue weighted by molar-refractivity contribution is 9.10. The van der Waals surface area contributed by atoms with E-state index in [1.807, 2.05) is 31.2 Å². The van der Waals surface area contributed by atoms with E-state index in [4.69, 9.17) is 4.74 Å². The zero-order valence-electron chi connectivity index (χ0n) is 11.3. The predicted octanol–water partition coefficient (Wildman–Crippen LogP) is 3.62. The van der Waals surface area contributed by atoms with Gasteiger partial charge in [0, 0.05) is 16.4 Å². The normalized spacial score (nSPS) is 10.3. The quantitative estimate of drug-likeness (QED) is 0.854. The molecular formula is C13H15BrN4OS. The van der Waals surface area contributed by atoms with Crippen LogP contribution < -0.4 is 10.1 Å². The Morgan fingerprint density at radius 1 is 1.30 bits per heavy atom. The first-order valence-electron chi connectivity index (χ1n) is 6.21. The summed E-state index contributed by atoms with van der Waals surface area (Å²) in [6.45, 7) is 2.63. The summed E-state index contributed by atoms with van der Waals surface area (Å²) in [7, 11) is 1.77. The molecule has 0 unspecified atom stereocenters. The highest BCUT2D eigenvalue weighted by Gasteiger charge is 2.08. The molecule has 1 N–H and O–H groups in total. The number of hydrogen-bond donors (Lipinski definition) is 1. The fraction of sp³-hybridized carbons (Fsp3) is 0.308. The molecule has 0 saturated carbocycles. The van der Waals surface area contributed by atoms with Crippen LogP contribution in [-0.4, -0.2) is 28.6 Å². The summed E-state index contributed by atoms with van der Waals surface area (Å²) < 4.78 is 6.50. The minimum absolute atomic E-state index is 0.351. The van der Waals surface area contributed by atoms with Crippen LogP contribution in [0.1, 0.15) is 13.3 Å². The van der Waals surface area contributed by atoms with Crippen LogP contribution in [0.3, 0.4) is 0 Å². The molecule has 106 valence electrons. The van der Waals surface area contributed by atoms with Gasteiger partial charge in [-0.15, -0.1) is 0 Å². The Bertz CT molecular complexity index is 582. The third-order valence-corrected chi connectivity index (χ3v) is 3.61. The first-order chi connectivity index (χ1) is 9.71. The van der Waals surface area contributed by atoms with E-state index in [2.05, 4.69) is 36.2 Å². The number of rotatable bonds is 6. The lowest BCUT2D eigenvalue weighted by Gasteiger charge is -2.07. The van der Waals surface area contributed by atoms with Gasteiger partial charge in [0.05, 0.1) is 6.61 Å². The zero-order valence-corrected chi connectivity index (χ0v) is 13.7. The Kier molecular flexibility index (Phi) is 5.60. The molecule has 0 aliphatic rings. The smallest absolute Gasteiger partial charge is 0.322 e. The maximum absolute atomic E-state index is 5.47. The van der Waals surface area contributed by atoms with Crippen molar-refractivity contribution in [2.45, 2.75) is 23.4 Å². The number of anilines is 1. The molecule has 0 aliphatic carbocycles. The molecule has 0 saturated heterocycles. The molecule has 7 heteroatoms. The van der Waals surface area contributed by atoms with Crippen LogP contribution in [0.5, 0.6) is 6.01 Å². The minimum atomic E-state index is 0.351. The summed E-state index contributed by atoms with van der Waals surface area (Å²) in [6, 6.07) is 8.32. The van der Waals surface area contributed by atoms with Crippen molar-refractivity contribution < 1.29 is 4.74 Å². The third-order valence-electron chi connectivity index (χ3n) is 2.26. The molecule has 0 bridgehead atoms. The second kappa shape index (κ2) is 7.44. The van der Waals surface area contributed by atoms with E-state index < -0.39 is 0 Å². The molecule has 1 aromatic heterocycles. The molecule has 1 heterocycles. The van der Waals surface area contributed by atoms with Gasteiger partial charge in [-0.3, -0.25) is 0 Å². The lowest BCUT2D eigenvalue weighted by atomic mass is 10.4. The summed E-state index contributed by atoms with van der Waals surface area (Å²) in [5.74, 6) is 0.503. The van der Waals surface area contributed by atoms with Crippen molar-refractivity contribution in [3.05, 3.63) is 28.7 Å². The second-order valence-electron chi connectivity index (χ2n) is 3.88. The molecule has 0 radical (unpaired) electrons. The molecule has 2 aromatic rings. The molecule has 1 aromatic carbocycles. The maximum atomic E-state index is 5.47. The SMILES string of the molecule is CCCOc1nc(NC)nc(Sc2cccc(Br)c2)n1. The van der Waals surface area contributed by atoms with E-state index >= 15 is 0 Å². The Labute approximate surface area is 130 Å². The molecule has 2 rings (SSSR count). The van der Waals surface area contributed by atoms with Crippen LogP contribution in [0.25, 0.3) is 0 Å². The number of nitrogens with zero attached hydrogens (tertiary/aromatic N) is 3. The fourth-order valence-corrected chi connectivity index (χ4v) is 2.74. The highest BCUT2D eigenvalue weighted by Crippen LogP contribution is 2.28. The topological polar surface area (TPSA) is 59.9 Å². The standard InChI is InChI=1S/C13H15BrN4OS/c1-3-7-19-12-16-11(15-2)17-13(18-12)20-10-6-4-5-9(14)8-10/h4-6,8H,3,7H2,1-2H3,(H,15,16,17,18). The number of halogens is 1. The van der Waals surface area contributed by atoms with Crippen molar-refractivity contribution in [1.29, 1.82) is 0 Å². The van der Waals surface area contributed by atoms with Gasteiger partial charge in [0.15, 0.2) is 0 Å². The van der Waals surface area contributed by atoms with Crippen LogP contribution in [0.15, 0.2) is 38.8 Å². The molecule has 20 heavy (non-hydrogen) atoms.